The van der Waals surface area contributed by atoms with Crippen LogP contribution in [0.3, 0.4) is 0 Å². The van der Waals surface area contributed by atoms with Gasteiger partial charge < -0.3 is 13.9 Å². The largest absolute Gasteiger partial charge is 0.496 e. The molecule has 31 heavy (non-hydrogen) atoms. The minimum absolute atomic E-state index is 0.0829. The minimum atomic E-state index is -0.403. The van der Waals surface area contributed by atoms with Crippen LogP contribution in [0.25, 0.3) is 0 Å². The molecule has 2 bridgehead atoms. The first kappa shape index (κ1) is 19.9. The molecular formula is C26H27NO4. The zero-order valence-electron chi connectivity index (χ0n) is 17.6. The van der Waals surface area contributed by atoms with Gasteiger partial charge in [-0.05, 0) is 43.0 Å². The number of furan rings is 1. The molecular weight excluding hydrogens is 390 g/mol. The summed E-state index contributed by atoms with van der Waals surface area (Å²) < 4.78 is 17.1. The van der Waals surface area contributed by atoms with Crippen molar-refractivity contribution in [1.29, 1.82) is 0 Å². The van der Waals surface area contributed by atoms with Gasteiger partial charge in [-0.25, -0.2) is 4.79 Å². The van der Waals surface area contributed by atoms with E-state index < -0.39 is 5.97 Å². The summed E-state index contributed by atoms with van der Waals surface area (Å²) in [4.78, 5) is 15.4. The average molecular weight is 418 g/mol. The van der Waals surface area contributed by atoms with E-state index in [4.69, 9.17) is 13.9 Å². The quantitative estimate of drug-likeness (QED) is 0.526. The summed E-state index contributed by atoms with van der Waals surface area (Å²) in [5, 5.41) is 0. The summed E-state index contributed by atoms with van der Waals surface area (Å²) in [7, 11) is 1.70. The Morgan fingerprint density at radius 2 is 1.84 bits per heavy atom. The second-order valence-electron chi connectivity index (χ2n) is 8.39. The Labute approximate surface area is 182 Å². The number of hydrogen-bond donors (Lipinski definition) is 0. The van der Waals surface area contributed by atoms with Crippen molar-refractivity contribution in [3.8, 4) is 5.75 Å². The first-order chi connectivity index (χ1) is 15.2. The van der Waals surface area contributed by atoms with E-state index in [1.54, 1.807) is 19.2 Å². The Morgan fingerprint density at radius 3 is 2.61 bits per heavy atom. The normalized spacial score (nSPS) is 25.3. The van der Waals surface area contributed by atoms with Gasteiger partial charge >= 0.3 is 5.97 Å². The van der Waals surface area contributed by atoms with Gasteiger partial charge in [0.2, 0.25) is 5.76 Å². The van der Waals surface area contributed by atoms with Gasteiger partial charge in [-0.2, -0.15) is 0 Å². The summed E-state index contributed by atoms with van der Waals surface area (Å²) in [5.41, 5.74) is 2.39. The topological polar surface area (TPSA) is 51.9 Å². The van der Waals surface area contributed by atoms with Gasteiger partial charge in [0.05, 0.1) is 13.4 Å². The zero-order chi connectivity index (χ0) is 21.2. The van der Waals surface area contributed by atoms with Gasteiger partial charge in [0.15, 0.2) is 0 Å². The van der Waals surface area contributed by atoms with Crippen LogP contribution in [0, 0.1) is 0 Å². The number of piperidine rings is 1. The predicted octanol–water partition coefficient (Wildman–Crippen LogP) is 5.03. The highest BCUT2D eigenvalue weighted by atomic mass is 16.6. The molecule has 0 aliphatic carbocycles. The number of hydrogen-bond acceptors (Lipinski definition) is 5. The SMILES string of the molecule is COc1ccccc1[C@H]1C[C@H]2CC[C@@H]([C@@H]1OC(=O)c1ccco1)N2Cc1ccccc1. The lowest BCUT2D eigenvalue weighted by atomic mass is 9.81. The Balaban J connectivity index is 1.48. The fourth-order valence-electron chi connectivity index (χ4n) is 5.32. The van der Waals surface area contributed by atoms with Crippen molar-refractivity contribution in [2.24, 2.45) is 0 Å². The van der Waals surface area contributed by atoms with Crippen LogP contribution < -0.4 is 4.74 Å². The van der Waals surface area contributed by atoms with E-state index in [9.17, 15) is 4.79 Å². The summed E-state index contributed by atoms with van der Waals surface area (Å²) in [6.07, 6.45) is 4.29. The second-order valence-corrected chi connectivity index (χ2v) is 8.39. The Kier molecular flexibility index (Phi) is 5.51. The van der Waals surface area contributed by atoms with E-state index in [1.807, 2.05) is 24.3 Å². The number of rotatable bonds is 6. The number of ether oxygens (including phenoxy) is 2. The summed E-state index contributed by atoms with van der Waals surface area (Å²) in [6.45, 7) is 0.865. The third kappa shape index (κ3) is 3.86. The predicted molar refractivity (Wildman–Crippen MR) is 117 cm³/mol. The lowest BCUT2D eigenvalue weighted by Gasteiger charge is -2.44. The maximum Gasteiger partial charge on any atom is 0.374 e. The molecule has 0 unspecified atom stereocenters. The Hall–Kier alpha value is -3.05. The number of methoxy groups -OCH3 is 1. The fraction of sp³-hybridized carbons (Fsp3) is 0.346. The van der Waals surface area contributed by atoms with E-state index in [2.05, 4.69) is 35.2 Å². The lowest BCUT2D eigenvalue weighted by Crippen LogP contribution is -2.52. The molecule has 2 aliphatic heterocycles. The number of esters is 1. The maximum absolute atomic E-state index is 12.9. The smallest absolute Gasteiger partial charge is 0.374 e. The van der Waals surface area contributed by atoms with Crippen LogP contribution in [0.2, 0.25) is 0 Å². The van der Waals surface area contributed by atoms with E-state index in [0.29, 0.717) is 6.04 Å². The standard InChI is InChI=1S/C26H27NO4/c1-29-23-11-6-5-10-20(23)21-16-19-13-14-22(27(19)17-18-8-3-2-4-9-18)25(21)31-26(28)24-12-7-15-30-24/h2-12,15,19,21-22,25H,13-14,16-17H2,1H3/t19-,21-,22+,25-/m1/s1. The molecule has 0 saturated carbocycles. The molecule has 0 N–H and O–H groups in total. The molecule has 5 heteroatoms. The third-order valence-corrected chi connectivity index (χ3v) is 6.70. The van der Waals surface area contributed by atoms with Crippen molar-refractivity contribution in [3.05, 3.63) is 89.9 Å². The number of benzene rings is 2. The van der Waals surface area contributed by atoms with Gasteiger partial charge in [0.25, 0.3) is 0 Å². The summed E-state index contributed by atoms with van der Waals surface area (Å²) in [6, 6.07) is 22.6. The number of para-hydroxylation sites is 1. The van der Waals surface area contributed by atoms with Gasteiger partial charge in [0, 0.05) is 30.1 Å². The fourth-order valence-corrected chi connectivity index (χ4v) is 5.32. The van der Waals surface area contributed by atoms with Gasteiger partial charge in [-0.1, -0.05) is 48.5 Å². The molecule has 1 aromatic heterocycles. The number of carbonyl (C=O) groups is 1. The second kappa shape index (κ2) is 8.60. The first-order valence-corrected chi connectivity index (χ1v) is 10.9. The minimum Gasteiger partial charge on any atom is -0.496 e. The number of carbonyl (C=O) groups excluding carboxylic acids is 1. The molecule has 160 valence electrons. The van der Waals surface area contributed by atoms with Crippen molar-refractivity contribution < 1.29 is 18.7 Å². The van der Waals surface area contributed by atoms with Gasteiger partial charge in [-0.3, -0.25) is 4.90 Å². The van der Waals surface area contributed by atoms with Crippen LogP contribution in [0.5, 0.6) is 5.75 Å². The molecule has 3 heterocycles. The van der Waals surface area contributed by atoms with Crippen molar-refractivity contribution in [2.75, 3.05) is 7.11 Å². The van der Waals surface area contributed by atoms with Gasteiger partial charge in [0.1, 0.15) is 11.9 Å². The highest BCUT2D eigenvalue weighted by Crippen LogP contribution is 2.47. The molecule has 2 aliphatic rings. The van der Waals surface area contributed by atoms with E-state index in [1.165, 1.54) is 11.8 Å². The lowest BCUT2D eigenvalue weighted by molar-refractivity contribution is -0.0364. The molecule has 0 spiro atoms. The molecule has 0 radical (unpaired) electrons. The molecule has 3 aromatic rings. The highest BCUT2D eigenvalue weighted by molar-refractivity contribution is 5.86. The van der Waals surface area contributed by atoms with Crippen LogP contribution >= 0.6 is 0 Å². The Morgan fingerprint density at radius 1 is 1.03 bits per heavy atom. The van der Waals surface area contributed by atoms with Crippen LogP contribution in [0.15, 0.2) is 77.4 Å². The molecule has 2 saturated heterocycles. The van der Waals surface area contributed by atoms with E-state index >= 15 is 0 Å². The van der Waals surface area contributed by atoms with Crippen LogP contribution in [-0.2, 0) is 11.3 Å². The monoisotopic (exact) mass is 417 g/mol. The molecule has 4 atom stereocenters. The molecule has 2 aromatic carbocycles. The number of fused-ring (bicyclic) bond motifs is 2. The summed E-state index contributed by atoms with van der Waals surface area (Å²) >= 11 is 0. The van der Waals surface area contributed by atoms with Gasteiger partial charge in [-0.15, -0.1) is 0 Å². The molecule has 0 amide bonds. The molecule has 5 rings (SSSR count). The zero-order valence-corrected chi connectivity index (χ0v) is 17.6. The third-order valence-electron chi connectivity index (χ3n) is 6.70. The Bertz CT molecular complexity index is 1020. The maximum atomic E-state index is 12.9. The molecule has 2 fully saturated rings. The van der Waals surface area contributed by atoms with Crippen molar-refractivity contribution in [2.45, 2.75) is 49.9 Å². The number of nitrogens with zero attached hydrogens (tertiary/aromatic N) is 1. The van der Waals surface area contributed by atoms with Crippen molar-refractivity contribution in [3.63, 3.8) is 0 Å². The van der Waals surface area contributed by atoms with Crippen molar-refractivity contribution >= 4 is 5.97 Å². The van der Waals surface area contributed by atoms with Crippen LogP contribution in [0.1, 0.15) is 46.9 Å². The van der Waals surface area contributed by atoms with Crippen LogP contribution in [0.4, 0.5) is 0 Å². The van der Waals surface area contributed by atoms with Crippen molar-refractivity contribution in [1.82, 2.24) is 4.90 Å². The average Bonchev–Trinajstić information content (AvgIpc) is 3.44. The van der Waals surface area contributed by atoms with E-state index in [-0.39, 0.29) is 23.8 Å². The first-order valence-electron chi connectivity index (χ1n) is 10.9. The van der Waals surface area contributed by atoms with Crippen LogP contribution in [-0.4, -0.2) is 36.2 Å². The summed E-state index contributed by atoms with van der Waals surface area (Å²) in [5.74, 6) is 0.774. The molecule has 5 nitrogen and oxygen atoms in total. The highest BCUT2D eigenvalue weighted by Gasteiger charge is 2.50. The van der Waals surface area contributed by atoms with E-state index in [0.717, 1.165) is 37.1 Å².